The molecular weight excluding hydrogens is 270 g/mol. The smallest absolute Gasteiger partial charge is 0.225 e. The Hall–Kier alpha value is -2.14. The second kappa shape index (κ2) is 7.45. The fraction of sp³-hybridized carbons (Fsp3) is 0.133. The molecule has 0 radical (unpaired) electrons. The number of carbonyl (C=O) groups excluding carboxylic acids is 1. The first-order chi connectivity index (χ1) is 9.78. The Morgan fingerprint density at radius 2 is 1.55 bits per heavy atom. The molecule has 2 aromatic rings. The molecule has 2 rings (SSSR count). The molecule has 0 atom stereocenters. The van der Waals surface area contributed by atoms with Crippen molar-refractivity contribution in [2.45, 2.75) is 6.42 Å². The van der Waals surface area contributed by atoms with Crippen LogP contribution in [-0.2, 0) is 4.79 Å². The van der Waals surface area contributed by atoms with Crippen molar-refractivity contribution in [1.82, 2.24) is 0 Å². The van der Waals surface area contributed by atoms with E-state index in [0.29, 0.717) is 12.2 Å². The first-order valence-electron chi connectivity index (χ1n) is 6.25. The van der Waals surface area contributed by atoms with Crippen LogP contribution in [0.4, 0.5) is 17.1 Å². The first kappa shape index (κ1) is 14.3. The number of anilines is 1. The highest BCUT2D eigenvalue weighted by Gasteiger charge is 2.00. The van der Waals surface area contributed by atoms with Gasteiger partial charge in [0.15, 0.2) is 0 Å². The second-order valence-electron chi connectivity index (χ2n) is 4.10. The van der Waals surface area contributed by atoms with Crippen LogP contribution in [0.25, 0.3) is 0 Å². The highest BCUT2D eigenvalue weighted by Crippen LogP contribution is 2.20. The van der Waals surface area contributed by atoms with Gasteiger partial charge in [0.25, 0.3) is 0 Å². The summed E-state index contributed by atoms with van der Waals surface area (Å²) in [4.78, 5) is 11.4. The van der Waals surface area contributed by atoms with Gasteiger partial charge in [0.2, 0.25) is 5.91 Å². The van der Waals surface area contributed by atoms with Crippen LogP contribution in [0.5, 0.6) is 0 Å². The van der Waals surface area contributed by atoms with Gasteiger partial charge in [-0.25, -0.2) is 0 Å². The van der Waals surface area contributed by atoms with Crippen LogP contribution >= 0.6 is 12.6 Å². The van der Waals surface area contributed by atoms with E-state index >= 15 is 0 Å². The predicted octanol–water partition coefficient (Wildman–Crippen LogP) is 4.36. The summed E-state index contributed by atoms with van der Waals surface area (Å²) >= 11 is 4.02. The predicted molar refractivity (Wildman–Crippen MR) is 84.2 cm³/mol. The van der Waals surface area contributed by atoms with Crippen LogP contribution in [0.1, 0.15) is 6.42 Å². The standard InChI is InChI=1S/C15H15N3OS/c19-15(10-11-20)16-12-6-8-14(9-7-12)18-17-13-4-2-1-3-5-13/h1-9,20H,10-11H2,(H,16,19). The Labute approximate surface area is 123 Å². The van der Waals surface area contributed by atoms with E-state index in [1.165, 1.54) is 0 Å². The van der Waals surface area contributed by atoms with Crippen molar-refractivity contribution in [3.63, 3.8) is 0 Å². The van der Waals surface area contributed by atoms with Crippen LogP contribution < -0.4 is 5.32 Å². The normalized spacial score (nSPS) is 10.7. The van der Waals surface area contributed by atoms with Gasteiger partial charge < -0.3 is 5.32 Å². The summed E-state index contributed by atoms with van der Waals surface area (Å²) in [5, 5.41) is 11.0. The minimum atomic E-state index is -0.0429. The summed E-state index contributed by atoms with van der Waals surface area (Å²) in [7, 11) is 0. The SMILES string of the molecule is O=C(CCS)Nc1ccc(N=Nc2ccccc2)cc1. The summed E-state index contributed by atoms with van der Waals surface area (Å²) in [6.45, 7) is 0. The maximum absolute atomic E-state index is 11.4. The Balaban J connectivity index is 1.98. The third-order valence-electron chi connectivity index (χ3n) is 2.53. The molecule has 0 spiro atoms. The number of hydrogen-bond donors (Lipinski definition) is 2. The number of carbonyl (C=O) groups is 1. The topological polar surface area (TPSA) is 53.8 Å². The number of benzene rings is 2. The minimum absolute atomic E-state index is 0.0429. The van der Waals surface area contributed by atoms with E-state index < -0.39 is 0 Å². The summed E-state index contributed by atoms with van der Waals surface area (Å²) in [5.41, 5.74) is 2.29. The zero-order chi connectivity index (χ0) is 14.2. The van der Waals surface area contributed by atoms with E-state index in [-0.39, 0.29) is 5.91 Å². The molecule has 0 saturated carbocycles. The quantitative estimate of drug-likeness (QED) is 0.622. The Bertz CT molecular complexity index is 582. The van der Waals surface area contributed by atoms with Gasteiger partial charge in [-0.05, 0) is 42.2 Å². The zero-order valence-corrected chi connectivity index (χ0v) is 11.8. The van der Waals surface area contributed by atoms with Gasteiger partial charge in [0.1, 0.15) is 0 Å². The lowest BCUT2D eigenvalue weighted by Crippen LogP contribution is -2.11. The molecule has 2 aromatic carbocycles. The van der Waals surface area contributed by atoms with Crippen LogP contribution in [0.3, 0.4) is 0 Å². The summed E-state index contributed by atoms with van der Waals surface area (Å²) < 4.78 is 0. The molecule has 1 N–H and O–H groups in total. The number of thiol groups is 1. The van der Waals surface area contributed by atoms with E-state index in [2.05, 4.69) is 28.2 Å². The van der Waals surface area contributed by atoms with Crippen molar-refractivity contribution in [3.05, 3.63) is 54.6 Å². The van der Waals surface area contributed by atoms with E-state index in [9.17, 15) is 4.79 Å². The van der Waals surface area contributed by atoms with E-state index in [4.69, 9.17) is 0 Å². The third kappa shape index (κ3) is 4.51. The highest BCUT2D eigenvalue weighted by atomic mass is 32.1. The molecule has 0 heterocycles. The molecule has 0 bridgehead atoms. The maximum atomic E-state index is 11.4. The summed E-state index contributed by atoms with van der Waals surface area (Å²) in [6, 6.07) is 16.7. The summed E-state index contributed by atoms with van der Waals surface area (Å²) in [5.74, 6) is 0.494. The number of nitrogens with zero attached hydrogens (tertiary/aromatic N) is 2. The van der Waals surface area contributed by atoms with Crippen LogP contribution in [0.15, 0.2) is 64.8 Å². The molecule has 4 nitrogen and oxygen atoms in total. The average Bonchev–Trinajstić information content (AvgIpc) is 2.48. The molecule has 0 aliphatic rings. The van der Waals surface area contributed by atoms with Gasteiger partial charge in [0, 0.05) is 12.1 Å². The zero-order valence-electron chi connectivity index (χ0n) is 10.9. The molecule has 0 aliphatic carbocycles. The van der Waals surface area contributed by atoms with Gasteiger partial charge in [-0.1, -0.05) is 18.2 Å². The van der Waals surface area contributed by atoms with Crippen LogP contribution in [0.2, 0.25) is 0 Å². The van der Waals surface area contributed by atoms with Gasteiger partial charge in [-0.2, -0.15) is 22.9 Å². The fourth-order valence-electron chi connectivity index (χ4n) is 1.55. The van der Waals surface area contributed by atoms with Crippen LogP contribution in [0, 0.1) is 0 Å². The van der Waals surface area contributed by atoms with Gasteiger partial charge in [0.05, 0.1) is 11.4 Å². The lowest BCUT2D eigenvalue weighted by Gasteiger charge is -2.03. The highest BCUT2D eigenvalue weighted by molar-refractivity contribution is 7.80. The molecule has 0 unspecified atom stereocenters. The lowest BCUT2D eigenvalue weighted by molar-refractivity contribution is -0.115. The van der Waals surface area contributed by atoms with E-state index in [0.717, 1.165) is 17.1 Å². The molecule has 0 fully saturated rings. The van der Waals surface area contributed by atoms with E-state index in [1.807, 2.05) is 42.5 Å². The van der Waals surface area contributed by atoms with Crippen molar-refractivity contribution >= 4 is 35.6 Å². The minimum Gasteiger partial charge on any atom is -0.326 e. The molecule has 102 valence electrons. The summed E-state index contributed by atoms with van der Waals surface area (Å²) in [6.07, 6.45) is 0.401. The molecule has 0 aliphatic heterocycles. The molecule has 0 saturated heterocycles. The van der Waals surface area contributed by atoms with Crippen molar-refractivity contribution in [2.75, 3.05) is 11.1 Å². The number of hydrogen-bond acceptors (Lipinski definition) is 4. The third-order valence-corrected chi connectivity index (χ3v) is 2.75. The molecular formula is C15H15N3OS. The number of nitrogens with one attached hydrogen (secondary N) is 1. The van der Waals surface area contributed by atoms with Crippen LogP contribution in [-0.4, -0.2) is 11.7 Å². The van der Waals surface area contributed by atoms with E-state index in [1.54, 1.807) is 12.1 Å². The largest absolute Gasteiger partial charge is 0.326 e. The molecule has 1 amide bonds. The Kier molecular flexibility index (Phi) is 5.32. The molecule has 0 aromatic heterocycles. The lowest BCUT2D eigenvalue weighted by atomic mass is 10.3. The first-order valence-corrected chi connectivity index (χ1v) is 6.89. The maximum Gasteiger partial charge on any atom is 0.225 e. The second-order valence-corrected chi connectivity index (χ2v) is 4.55. The average molecular weight is 285 g/mol. The van der Waals surface area contributed by atoms with Crippen molar-refractivity contribution in [2.24, 2.45) is 10.2 Å². The number of rotatable bonds is 5. The van der Waals surface area contributed by atoms with Gasteiger partial charge in [-0.3, -0.25) is 4.79 Å². The van der Waals surface area contributed by atoms with Gasteiger partial charge >= 0.3 is 0 Å². The molecule has 5 heteroatoms. The number of azo groups is 1. The van der Waals surface area contributed by atoms with Gasteiger partial charge in [-0.15, -0.1) is 0 Å². The Morgan fingerprint density at radius 3 is 2.15 bits per heavy atom. The van der Waals surface area contributed by atoms with Crippen molar-refractivity contribution in [1.29, 1.82) is 0 Å². The molecule has 20 heavy (non-hydrogen) atoms. The van der Waals surface area contributed by atoms with Crippen molar-refractivity contribution in [3.8, 4) is 0 Å². The Morgan fingerprint density at radius 1 is 0.950 bits per heavy atom. The monoisotopic (exact) mass is 285 g/mol. The number of amides is 1. The fourth-order valence-corrected chi connectivity index (χ4v) is 1.75. The van der Waals surface area contributed by atoms with Crippen molar-refractivity contribution < 1.29 is 4.79 Å².